The molecule has 8 heteroatoms. The number of halogens is 1. The van der Waals surface area contributed by atoms with Gasteiger partial charge in [-0.1, -0.05) is 35.9 Å². The van der Waals surface area contributed by atoms with E-state index in [0.717, 1.165) is 29.2 Å². The van der Waals surface area contributed by atoms with Crippen LogP contribution in [0.2, 0.25) is 5.02 Å². The van der Waals surface area contributed by atoms with Gasteiger partial charge in [0.1, 0.15) is 0 Å². The van der Waals surface area contributed by atoms with Crippen LogP contribution in [0.4, 0.5) is 0 Å². The Morgan fingerprint density at radius 3 is 2.45 bits per heavy atom. The molecule has 6 nitrogen and oxygen atoms in total. The van der Waals surface area contributed by atoms with E-state index in [1.54, 1.807) is 6.07 Å². The second-order valence-corrected chi connectivity index (χ2v) is 8.97. The number of esters is 1. The van der Waals surface area contributed by atoms with Gasteiger partial charge >= 0.3 is 16.1 Å². The number of aryl methyl sites for hydroxylation is 2. The summed E-state index contributed by atoms with van der Waals surface area (Å²) in [5.74, 6) is -1.06. The number of hydrogen-bond acceptors (Lipinski definition) is 6. The molecule has 3 aromatic rings. The molecule has 1 atom stereocenters. The molecule has 1 aromatic heterocycles. The molecule has 29 heavy (non-hydrogen) atoms. The van der Waals surface area contributed by atoms with Crippen molar-refractivity contribution in [2.45, 2.75) is 26.0 Å². The van der Waals surface area contributed by atoms with Gasteiger partial charge in [0.05, 0.1) is 12.6 Å². The first-order chi connectivity index (χ1) is 13.6. The number of nitrogens with zero attached hydrogens (tertiary/aromatic N) is 1. The second kappa shape index (κ2) is 8.00. The van der Waals surface area contributed by atoms with Crippen molar-refractivity contribution in [1.29, 1.82) is 0 Å². The summed E-state index contributed by atoms with van der Waals surface area (Å²) in [7, 11) is -3.18. The van der Waals surface area contributed by atoms with E-state index in [0.29, 0.717) is 16.1 Å². The monoisotopic (exact) mass is 433 g/mol. The predicted octanol–water partition coefficient (Wildman–Crippen LogP) is 4.44. The van der Waals surface area contributed by atoms with Crippen LogP contribution in [0.1, 0.15) is 18.1 Å². The number of carbonyl (C=O) groups is 1. The van der Waals surface area contributed by atoms with Crippen molar-refractivity contribution >= 4 is 38.6 Å². The highest BCUT2D eigenvalue weighted by atomic mass is 35.5. The van der Waals surface area contributed by atoms with Crippen molar-refractivity contribution in [3.8, 4) is 17.0 Å². The minimum Gasteiger partial charge on any atom is -0.468 e. The number of carbonyl (C=O) groups excluding carboxylic acids is 1. The zero-order chi connectivity index (χ0) is 21.3. The first-order valence-electron chi connectivity index (χ1n) is 8.82. The Morgan fingerprint density at radius 2 is 1.79 bits per heavy atom. The van der Waals surface area contributed by atoms with Crippen LogP contribution in [0.3, 0.4) is 0 Å². The smallest absolute Gasteiger partial charge is 0.327 e. The molecule has 0 aliphatic heterocycles. The van der Waals surface area contributed by atoms with Crippen LogP contribution in [0.15, 0.2) is 42.5 Å². The fourth-order valence-corrected chi connectivity index (χ4v) is 4.18. The molecule has 152 valence electrons. The first-order valence-corrected chi connectivity index (χ1v) is 10.7. The third kappa shape index (κ3) is 4.21. The molecule has 0 N–H and O–H groups in total. The summed E-state index contributed by atoms with van der Waals surface area (Å²) in [6.45, 7) is 5.08. The van der Waals surface area contributed by atoms with Crippen molar-refractivity contribution in [3.05, 3.63) is 58.6 Å². The molecule has 0 saturated heterocycles. The molecular formula is C21H20ClNO5S. The van der Waals surface area contributed by atoms with Crippen LogP contribution in [-0.2, 0) is 19.6 Å². The number of methoxy groups -OCH3 is 1. The van der Waals surface area contributed by atoms with Gasteiger partial charge in [0.15, 0.2) is 5.25 Å². The quantitative estimate of drug-likeness (QED) is 0.437. The Hall–Kier alpha value is -2.64. The van der Waals surface area contributed by atoms with Gasteiger partial charge in [-0.25, -0.2) is 4.98 Å². The van der Waals surface area contributed by atoms with Gasteiger partial charge in [-0.2, -0.15) is 8.42 Å². The van der Waals surface area contributed by atoms with Crippen molar-refractivity contribution in [1.82, 2.24) is 4.98 Å². The largest absolute Gasteiger partial charge is 0.468 e. The van der Waals surface area contributed by atoms with Crippen LogP contribution >= 0.6 is 11.6 Å². The normalized spacial score (nSPS) is 12.6. The number of pyridine rings is 1. The van der Waals surface area contributed by atoms with Crippen LogP contribution < -0.4 is 4.18 Å². The Morgan fingerprint density at radius 1 is 1.10 bits per heavy atom. The maximum Gasteiger partial charge on any atom is 0.327 e. The number of fused-ring (bicyclic) bond motifs is 1. The fourth-order valence-electron chi connectivity index (χ4n) is 3.14. The van der Waals surface area contributed by atoms with Gasteiger partial charge in [-0.05, 0) is 49.6 Å². The standard InChI is InChI=1S/C21H20ClNO5S/c1-12-9-13(2)20-16(15-7-5-6-8-17(15)22)11-19(23-18(20)10-12)28-29(25,26)14(3)21(24)27-4/h5-11,14H,1-4H3. The summed E-state index contributed by atoms with van der Waals surface area (Å²) < 4.78 is 34.7. The molecule has 0 spiro atoms. The molecule has 0 radical (unpaired) electrons. The molecule has 0 fully saturated rings. The lowest BCUT2D eigenvalue weighted by molar-refractivity contribution is -0.139. The second-order valence-electron chi connectivity index (χ2n) is 6.71. The number of ether oxygens (including phenoxy) is 1. The SMILES string of the molecule is COC(=O)C(C)S(=O)(=O)Oc1cc(-c2ccccc2Cl)c2c(C)cc(C)cc2n1. The van der Waals surface area contributed by atoms with Crippen molar-refractivity contribution in [3.63, 3.8) is 0 Å². The highest BCUT2D eigenvalue weighted by Gasteiger charge is 2.32. The lowest BCUT2D eigenvalue weighted by Gasteiger charge is -2.15. The Bertz CT molecular complexity index is 1210. The molecule has 0 bridgehead atoms. The van der Waals surface area contributed by atoms with Gasteiger partial charge in [0.25, 0.3) is 0 Å². The van der Waals surface area contributed by atoms with Crippen LogP contribution in [0.5, 0.6) is 5.88 Å². The Kier molecular flexibility index (Phi) is 5.82. The van der Waals surface area contributed by atoms with E-state index in [4.69, 9.17) is 15.8 Å². The summed E-state index contributed by atoms with van der Waals surface area (Å²) in [4.78, 5) is 16.0. The van der Waals surface area contributed by atoms with E-state index < -0.39 is 21.3 Å². The van der Waals surface area contributed by atoms with Crippen molar-refractivity contribution in [2.24, 2.45) is 0 Å². The van der Waals surface area contributed by atoms with E-state index in [9.17, 15) is 13.2 Å². The molecule has 3 rings (SSSR count). The molecular weight excluding hydrogens is 414 g/mol. The summed E-state index contributed by atoms with van der Waals surface area (Å²) >= 11 is 6.40. The van der Waals surface area contributed by atoms with E-state index in [1.165, 1.54) is 13.0 Å². The van der Waals surface area contributed by atoms with Gasteiger partial charge in [-0.15, -0.1) is 0 Å². The molecule has 0 saturated carbocycles. The summed E-state index contributed by atoms with van der Waals surface area (Å²) in [6.07, 6.45) is 0. The maximum atomic E-state index is 12.5. The van der Waals surface area contributed by atoms with Gasteiger partial charge in [0.2, 0.25) is 5.88 Å². The molecule has 1 heterocycles. The van der Waals surface area contributed by atoms with Crippen LogP contribution in [-0.4, -0.2) is 31.7 Å². The highest BCUT2D eigenvalue weighted by Crippen LogP contribution is 2.37. The Balaban J connectivity index is 2.23. The van der Waals surface area contributed by atoms with E-state index in [2.05, 4.69) is 9.72 Å². The van der Waals surface area contributed by atoms with E-state index >= 15 is 0 Å². The molecule has 2 aromatic carbocycles. The molecule has 0 amide bonds. The average Bonchev–Trinajstić information content (AvgIpc) is 2.65. The van der Waals surface area contributed by atoms with Gasteiger partial charge < -0.3 is 8.92 Å². The minimum atomic E-state index is -4.29. The summed E-state index contributed by atoms with van der Waals surface area (Å²) in [5, 5.41) is -0.140. The third-order valence-corrected chi connectivity index (χ3v) is 6.35. The Labute approximate surface area is 174 Å². The highest BCUT2D eigenvalue weighted by molar-refractivity contribution is 7.88. The third-order valence-electron chi connectivity index (χ3n) is 4.56. The zero-order valence-electron chi connectivity index (χ0n) is 16.4. The maximum absolute atomic E-state index is 12.5. The number of aromatic nitrogens is 1. The van der Waals surface area contributed by atoms with Crippen LogP contribution in [0.25, 0.3) is 22.0 Å². The van der Waals surface area contributed by atoms with Crippen LogP contribution in [0, 0.1) is 13.8 Å². The lowest BCUT2D eigenvalue weighted by Crippen LogP contribution is -2.32. The van der Waals surface area contributed by atoms with Crippen molar-refractivity contribution < 1.29 is 22.1 Å². The summed E-state index contributed by atoms with van der Waals surface area (Å²) in [6, 6.07) is 12.6. The topological polar surface area (TPSA) is 82.6 Å². The van der Waals surface area contributed by atoms with E-state index in [1.807, 2.05) is 44.2 Å². The number of hydrogen-bond donors (Lipinski definition) is 0. The lowest BCUT2D eigenvalue weighted by atomic mass is 9.96. The first kappa shape index (κ1) is 21.1. The zero-order valence-corrected chi connectivity index (χ0v) is 18.0. The molecule has 1 unspecified atom stereocenters. The van der Waals surface area contributed by atoms with Gasteiger partial charge in [-0.3, -0.25) is 4.79 Å². The molecule has 0 aliphatic carbocycles. The minimum absolute atomic E-state index is 0.145. The fraction of sp³-hybridized carbons (Fsp3) is 0.238. The molecule has 0 aliphatic rings. The van der Waals surface area contributed by atoms with Gasteiger partial charge in [0, 0.05) is 22.0 Å². The number of rotatable bonds is 5. The van der Waals surface area contributed by atoms with E-state index in [-0.39, 0.29) is 5.88 Å². The number of benzene rings is 2. The van der Waals surface area contributed by atoms with Crippen molar-refractivity contribution in [2.75, 3.05) is 7.11 Å². The predicted molar refractivity (Wildman–Crippen MR) is 113 cm³/mol. The summed E-state index contributed by atoms with van der Waals surface area (Å²) in [5.41, 5.74) is 3.91. The average molecular weight is 434 g/mol.